The van der Waals surface area contributed by atoms with Crippen molar-refractivity contribution in [2.45, 2.75) is 23.1 Å². The number of amides is 1. The van der Waals surface area contributed by atoms with Crippen molar-refractivity contribution in [3.63, 3.8) is 0 Å². The maximum atomic E-state index is 12.0. The van der Waals surface area contributed by atoms with Crippen LogP contribution < -0.4 is 5.32 Å². The van der Waals surface area contributed by atoms with E-state index >= 15 is 0 Å². The van der Waals surface area contributed by atoms with Crippen LogP contribution in [0.3, 0.4) is 0 Å². The first kappa shape index (κ1) is 16.4. The molecule has 0 aliphatic heterocycles. The van der Waals surface area contributed by atoms with Crippen LogP contribution in [-0.4, -0.2) is 34.4 Å². The molecule has 22 heavy (non-hydrogen) atoms. The van der Waals surface area contributed by atoms with E-state index in [4.69, 9.17) is 0 Å². The highest BCUT2D eigenvalue weighted by molar-refractivity contribution is 8.02. The van der Waals surface area contributed by atoms with Gasteiger partial charge in [0.05, 0.1) is 17.9 Å². The smallest absolute Gasteiger partial charge is 0.337 e. The number of nitrogens with zero attached hydrogens (tertiary/aromatic N) is 2. The van der Waals surface area contributed by atoms with Crippen molar-refractivity contribution in [1.82, 2.24) is 15.5 Å². The maximum absolute atomic E-state index is 12.0. The van der Waals surface area contributed by atoms with Gasteiger partial charge in [-0.05, 0) is 24.6 Å². The summed E-state index contributed by atoms with van der Waals surface area (Å²) < 4.78 is 5.40. The summed E-state index contributed by atoms with van der Waals surface area (Å²) in [6.07, 6.45) is 0. The third-order valence-corrected chi connectivity index (χ3v) is 4.74. The molecule has 0 saturated heterocycles. The van der Waals surface area contributed by atoms with Crippen molar-refractivity contribution in [3.05, 3.63) is 40.9 Å². The van der Waals surface area contributed by atoms with Crippen LogP contribution in [0.25, 0.3) is 0 Å². The zero-order chi connectivity index (χ0) is 15.9. The van der Waals surface area contributed by atoms with Crippen LogP contribution >= 0.6 is 23.1 Å². The van der Waals surface area contributed by atoms with Gasteiger partial charge in [0.2, 0.25) is 5.91 Å². The molecule has 0 radical (unpaired) electrons. The SMILES string of the molecule is COC(=O)c1ccc(CNC(=O)C(C)Sc2nncs2)cc1. The number of benzene rings is 1. The highest BCUT2D eigenvalue weighted by Crippen LogP contribution is 2.24. The molecule has 116 valence electrons. The van der Waals surface area contributed by atoms with Gasteiger partial charge >= 0.3 is 5.97 Å². The Morgan fingerprint density at radius 2 is 2.09 bits per heavy atom. The Morgan fingerprint density at radius 1 is 1.36 bits per heavy atom. The Balaban J connectivity index is 1.84. The number of carbonyl (C=O) groups excluding carboxylic acids is 2. The monoisotopic (exact) mass is 337 g/mol. The molecule has 1 N–H and O–H groups in total. The van der Waals surface area contributed by atoms with Gasteiger partial charge in [0, 0.05) is 6.54 Å². The van der Waals surface area contributed by atoms with Crippen molar-refractivity contribution in [1.29, 1.82) is 0 Å². The van der Waals surface area contributed by atoms with E-state index in [1.54, 1.807) is 29.8 Å². The molecule has 6 nitrogen and oxygen atoms in total. The molecule has 0 fully saturated rings. The quantitative estimate of drug-likeness (QED) is 0.642. The van der Waals surface area contributed by atoms with E-state index in [-0.39, 0.29) is 17.1 Å². The van der Waals surface area contributed by atoms with Crippen LogP contribution in [0.2, 0.25) is 0 Å². The number of aromatic nitrogens is 2. The van der Waals surface area contributed by atoms with Gasteiger partial charge in [-0.15, -0.1) is 10.2 Å². The lowest BCUT2D eigenvalue weighted by atomic mass is 10.1. The predicted molar refractivity (Wildman–Crippen MR) is 84.9 cm³/mol. The Morgan fingerprint density at radius 3 is 2.68 bits per heavy atom. The van der Waals surface area contributed by atoms with Crippen LogP contribution in [0.5, 0.6) is 0 Å². The lowest BCUT2D eigenvalue weighted by Gasteiger charge is -2.10. The summed E-state index contributed by atoms with van der Waals surface area (Å²) in [5.74, 6) is -0.449. The number of hydrogen-bond donors (Lipinski definition) is 1. The van der Waals surface area contributed by atoms with E-state index in [1.165, 1.54) is 30.2 Å². The second-order valence-electron chi connectivity index (χ2n) is 4.37. The summed E-state index contributed by atoms with van der Waals surface area (Å²) >= 11 is 2.78. The normalized spacial score (nSPS) is 11.7. The van der Waals surface area contributed by atoms with Gasteiger partial charge in [0.1, 0.15) is 5.51 Å². The molecule has 8 heteroatoms. The molecule has 1 atom stereocenters. The van der Waals surface area contributed by atoms with E-state index in [9.17, 15) is 9.59 Å². The van der Waals surface area contributed by atoms with E-state index in [0.29, 0.717) is 12.1 Å². The van der Waals surface area contributed by atoms with E-state index in [2.05, 4.69) is 20.3 Å². The molecular formula is C14H15N3O3S2. The number of methoxy groups -OCH3 is 1. The number of nitrogens with one attached hydrogen (secondary N) is 1. The summed E-state index contributed by atoms with van der Waals surface area (Å²) in [6.45, 7) is 2.23. The number of rotatable bonds is 6. The highest BCUT2D eigenvalue weighted by atomic mass is 32.2. The Kier molecular flexibility index (Phi) is 5.91. The molecule has 1 aromatic heterocycles. The minimum Gasteiger partial charge on any atom is -0.465 e. The summed E-state index contributed by atoms with van der Waals surface area (Å²) in [5, 5.41) is 10.2. The molecule has 2 rings (SSSR count). The summed E-state index contributed by atoms with van der Waals surface area (Å²) in [4.78, 5) is 23.3. The Hall–Kier alpha value is -1.93. The molecule has 1 unspecified atom stereocenters. The lowest BCUT2D eigenvalue weighted by Crippen LogP contribution is -2.30. The van der Waals surface area contributed by atoms with Gasteiger partial charge in [-0.3, -0.25) is 4.79 Å². The minimum atomic E-state index is -0.377. The first-order chi connectivity index (χ1) is 10.6. The van der Waals surface area contributed by atoms with Crippen LogP contribution in [0.1, 0.15) is 22.8 Å². The molecule has 0 aliphatic rings. The fourth-order valence-electron chi connectivity index (χ4n) is 1.63. The van der Waals surface area contributed by atoms with Crippen LogP contribution in [0, 0.1) is 0 Å². The van der Waals surface area contributed by atoms with Crippen molar-refractivity contribution in [2.75, 3.05) is 7.11 Å². The van der Waals surface area contributed by atoms with E-state index in [0.717, 1.165) is 9.90 Å². The second-order valence-corrected chi connectivity index (χ2v) is 6.79. The van der Waals surface area contributed by atoms with Gasteiger partial charge in [0.15, 0.2) is 4.34 Å². The Labute approximate surface area is 136 Å². The number of hydrogen-bond acceptors (Lipinski definition) is 7. The van der Waals surface area contributed by atoms with Crippen molar-refractivity contribution >= 4 is 35.0 Å². The molecule has 1 heterocycles. The molecule has 0 aliphatic carbocycles. The van der Waals surface area contributed by atoms with Gasteiger partial charge in [0.25, 0.3) is 0 Å². The molecule has 1 amide bonds. The first-order valence-electron chi connectivity index (χ1n) is 6.48. The van der Waals surface area contributed by atoms with Crippen molar-refractivity contribution in [2.24, 2.45) is 0 Å². The van der Waals surface area contributed by atoms with Gasteiger partial charge < -0.3 is 10.1 Å². The third-order valence-electron chi connectivity index (χ3n) is 2.83. The molecule has 0 spiro atoms. The molecule has 0 saturated carbocycles. The molecule has 1 aromatic carbocycles. The van der Waals surface area contributed by atoms with Gasteiger partial charge in [-0.1, -0.05) is 35.2 Å². The molecular weight excluding hydrogens is 322 g/mol. The second kappa shape index (κ2) is 7.90. The largest absolute Gasteiger partial charge is 0.465 e. The average molecular weight is 337 g/mol. The van der Waals surface area contributed by atoms with Gasteiger partial charge in [-0.2, -0.15) is 0 Å². The highest BCUT2D eigenvalue weighted by Gasteiger charge is 2.15. The fourth-order valence-corrected chi connectivity index (χ4v) is 3.28. The number of thioether (sulfide) groups is 1. The zero-order valence-corrected chi connectivity index (χ0v) is 13.7. The van der Waals surface area contributed by atoms with E-state index < -0.39 is 0 Å². The van der Waals surface area contributed by atoms with Crippen molar-refractivity contribution in [3.8, 4) is 0 Å². The zero-order valence-electron chi connectivity index (χ0n) is 12.1. The van der Waals surface area contributed by atoms with Crippen LogP contribution in [0.4, 0.5) is 0 Å². The first-order valence-corrected chi connectivity index (χ1v) is 8.24. The number of carbonyl (C=O) groups is 2. The average Bonchev–Trinajstić information content (AvgIpc) is 3.05. The van der Waals surface area contributed by atoms with E-state index in [1.807, 2.05) is 6.92 Å². The Bertz CT molecular complexity index is 629. The van der Waals surface area contributed by atoms with Crippen molar-refractivity contribution < 1.29 is 14.3 Å². The lowest BCUT2D eigenvalue weighted by molar-refractivity contribution is -0.120. The fraction of sp³-hybridized carbons (Fsp3) is 0.286. The molecule has 2 aromatic rings. The summed E-state index contributed by atoms with van der Waals surface area (Å²) in [6, 6.07) is 6.92. The summed E-state index contributed by atoms with van der Waals surface area (Å²) in [7, 11) is 1.34. The van der Waals surface area contributed by atoms with Gasteiger partial charge in [-0.25, -0.2) is 4.79 Å². The predicted octanol–water partition coefficient (Wildman–Crippen LogP) is 2.12. The summed E-state index contributed by atoms with van der Waals surface area (Å²) in [5.41, 5.74) is 3.03. The number of ether oxygens (including phenoxy) is 1. The third kappa shape index (κ3) is 4.54. The minimum absolute atomic E-state index is 0.0720. The topological polar surface area (TPSA) is 81.2 Å². The van der Waals surface area contributed by atoms with Crippen LogP contribution in [-0.2, 0) is 16.1 Å². The number of esters is 1. The standard InChI is InChI=1S/C14H15N3O3S2/c1-9(22-14-17-16-8-21-14)12(18)15-7-10-3-5-11(6-4-10)13(19)20-2/h3-6,8-9H,7H2,1-2H3,(H,15,18). The molecule has 0 bridgehead atoms. The maximum Gasteiger partial charge on any atom is 0.337 e. The van der Waals surface area contributed by atoms with Crippen LogP contribution in [0.15, 0.2) is 34.1 Å².